The summed E-state index contributed by atoms with van der Waals surface area (Å²) in [6, 6.07) is 5.57. The van der Waals surface area contributed by atoms with E-state index in [0.29, 0.717) is 18.7 Å². The molecule has 1 aromatic carbocycles. The van der Waals surface area contributed by atoms with Crippen LogP contribution >= 0.6 is 24.0 Å². The molecule has 1 heterocycles. The van der Waals surface area contributed by atoms with E-state index in [0.717, 1.165) is 24.6 Å². The summed E-state index contributed by atoms with van der Waals surface area (Å²) in [5.74, 6) is 1.67. The van der Waals surface area contributed by atoms with Gasteiger partial charge in [-0.15, -0.1) is 24.0 Å². The van der Waals surface area contributed by atoms with Crippen molar-refractivity contribution in [2.24, 2.45) is 10.4 Å². The number of methoxy groups -OCH3 is 1. The van der Waals surface area contributed by atoms with E-state index < -0.39 is 0 Å². The Labute approximate surface area is 168 Å². The number of nitrogens with one attached hydrogen (secondary N) is 1. The predicted molar refractivity (Wildman–Crippen MR) is 114 cm³/mol. The Balaban J connectivity index is 0.00000312. The van der Waals surface area contributed by atoms with Gasteiger partial charge in [0, 0.05) is 30.6 Å². The number of para-hydroxylation sites is 1. The smallest absolute Gasteiger partial charge is 0.194 e. The number of phenols is 1. The van der Waals surface area contributed by atoms with Gasteiger partial charge >= 0.3 is 0 Å². The maximum atomic E-state index is 10.2. The Hall–Kier alpha value is -1.18. The second-order valence-corrected chi connectivity index (χ2v) is 7.48. The molecule has 0 amide bonds. The summed E-state index contributed by atoms with van der Waals surface area (Å²) in [6.07, 6.45) is 0.676. The quantitative estimate of drug-likeness (QED) is 0.400. The number of hydrogen-bond donors (Lipinski definition) is 2. The van der Waals surface area contributed by atoms with Crippen LogP contribution in [0.15, 0.2) is 23.2 Å². The first-order valence-electron chi connectivity index (χ1n) is 8.65. The van der Waals surface area contributed by atoms with Crippen molar-refractivity contribution in [3.8, 4) is 11.5 Å². The van der Waals surface area contributed by atoms with Crippen LogP contribution in [0.1, 0.15) is 40.2 Å². The SMILES string of the molecule is CCNC(=NCCc1cccc(OC)c1O)N1CC(C)(C)C1(C)C.I. The summed E-state index contributed by atoms with van der Waals surface area (Å²) in [5, 5.41) is 13.6. The monoisotopic (exact) mass is 461 g/mol. The van der Waals surface area contributed by atoms with Gasteiger partial charge in [0.15, 0.2) is 17.5 Å². The lowest BCUT2D eigenvalue weighted by atomic mass is 9.65. The zero-order chi connectivity index (χ0) is 18.0. The summed E-state index contributed by atoms with van der Waals surface area (Å²) >= 11 is 0. The van der Waals surface area contributed by atoms with Gasteiger partial charge in [0.1, 0.15) is 0 Å². The van der Waals surface area contributed by atoms with Crippen molar-refractivity contribution >= 4 is 29.9 Å². The number of ether oxygens (including phenoxy) is 1. The van der Waals surface area contributed by atoms with Gasteiger partial charge < -0.3 is 20.1 Å². The van der Waals surface area contributed by atoms with Gasteiger partial charge in [-0.05, 0) is 38.8 Å². The van der Waals surface area contributed by atoms with E-state index in [1.807, 2.05) is 12.1 Å². The molecule has 1 saturated heterocycles. The van der Waals surface area contributed by atoms with Gasteiger partial charge in [-0.2, -0.15) is 0 Å². The highest BCUT2D eigenvalue weighted by Crippen LogP contribution is 2.46. The molecule has 6 heteroatoms. The van der Waals surface area contributed by atoms with E-state index >= 15 is 0 Å². The van der Waals surface area contributed by atoms with Crippen LogP contribution in [-0.2, 0) is 6.42 Å². The number of aliphatic imine (C=N–C) groups is 1. The second-order valence-electron chi connectivity index (χ2n) is 7.48. The molecule has 5 nitrogen and oxygen atoms in total. The molecule has 25 heavy (non-hydrogen) atoms. The van der Waals surface area contributed by atoms with E-state index in [2.05, 4.69) is 44.8 Å². The molecule has 0 spiro atoms. The molecule has 0 aliphatic carbocycles. The number of guanidine groups is 1. The molecule has 142 valence electrons. The molecule has 1 aromatic rings. The van der Waals surface area contributed by atoms with Gasteiger partial charge in [-0.25, -0.2) is 0 Å². The van der Waals surface area contributed by atoms with E-state index in [4.69, 9.17) is 9.73 Å². The van der Waals surface area contributed by atoms with E-state index in [-0.39, 0.29) is 40.7 Å². The third-order valence-corrected chi connectivity index (χ3v) is 5.42. The van der Waals surface area contributed by atoms with Crippen molar-refractivity contribution in [1.82, 2.24) is 10.2 Å². The molecule has 2 N–H and O–H groups in total. The number of phenolic OH excluding ortho intramolecular Hbond substituents is 1. The number of benzene rings is 1. The minimum absolute atomic E-state index is 0. The summed E-state index contributed by atoms with van der Waals surface area (Å²) in [5.41, 5.74) is 1.21. The fourth-order valence-electron chi connectivity index (χ4n) is 3.01. The highest BCUT2D eigenvalue weighted by Gasteiger charge is 2.53. The Bertz CT molecular complexity index is 615. The van der Waals surface area contributed by atoms with Crippen LogP contribution < -0.4 is 10.1 Å². The van der Waals surface area contributed by atoms with Crippen molar-refractivity contribution in [2.75, 3.05) is 26.7 Å². The average molecular weight is 461 g/mol. The highest BCUT2D eigenvalue weighted by atomic mass is 127. The highest BCUT2D eigenvalue weighted by molar-refractivity contribution is 14.0. The van der Waals surface area contributed by atoms with Crippen LogP contribution in [-0.4, -0.2) is 48.2 Å². The van der Waals surface area contributed by atoms with Crippen molar-refractivity contribution in [2.45, 2.75) is 46.6 Å². The molecule has 1 aliphatic heterocycles. The van der Waals surface area contributed by atoms with Crippen LogP contribution in [0.25, 0.3) is 0 Å². The molecule has 1 aliphatic rings. The van der Waals surface area contributed by atoms with Crippen LogP contribution in [0.2, 0.25) is 0 Å². The van der Waals surface area contributed by atoms with Crippen LogP contribution in [0.4, 0.5) is 0 Å². The lowest BCUT2D eigenvalue weighted by molar-refractivity contribution is -0.0667. The largest absolute Gasteiger partial charge is 0.504 e. The third-order valence-electron chi connectivity index (χ3n) is 5.42. The third kappa shape index (κ3) is 4.33. The molecule has 1 fully saturated rings. The Kier molecular flexibility index (Phi) is 7.40. The second kappa shape index (κ2) is 8.47. The summed E-state index contributed by atoms with van der Waals surface area (Å²) in [4.78, 5) is 7.10. The Morgan fingerprint density at radius 3 is 2.52 bits per heavy atom. The topological polar surface area (TPSA) is 57.1 Å². The molecule has 0 saturated carbocycles. The Morgan fingerprint density at radius 2 is 2.00 bits per heavy atom. The fraction of sp³-hybridized carbons (Fsp3) is 0.632. The summed E-state index contributed by atoms with van der Waals surface area (Å²) in [6.45, 7) is 13.7. The van der Waals surface area contributed by atoms with Crippen LogP contribution in [0.3, 0.4) is 0 Å². The number of halogens is 1. The van der Waals surface area contributed by atoms with Gasteiger partial charge in [0.05, 0.1) is 7.11 Å². The van der Waals surface area contributed by atoms with Crippen LogP contribution in [0, 0.1) is 5.41 Å². The van der Waals surface area contributed by atoms with E-state index in [9.17, 15) is 5.11 Å². The van der Waals surface area contributed by atoms with Gasteiger partial charge in [-0.3, -0.25) is 4.99 Å². The van der Waals surface area contributed by atoms with Gasteiger partial charge in [0.25, 0.3) is 0 Å². The minimum Gasteiger partial charge on any atom is -0.504 e. The first-order chi connectivity index (χ1) is 11.2. The number of aromatic hydroxyl groups is 1. The summed E-state index contributed by atoms with van der Waals surface area (Å²) in [7, 11) is 1.56. The molecular weight excluding hydrogens is 429 g/mol. The van der Waals surface area contributed by atoms with E-state index in [1.54, 1.807) is 13.2 Å². The van der Waals surface area contributed by atoms with E-state index in [1.165, 1.54) is 0 Å². The predicted octanol–water partition coefficient (Wildman–Crippen LogP) is 3.65. The van der Waals surface area contributed by atoms with Crippen molar-refractivity contribution in [3.05, 3.63) is 23.8 Å². The number of likely N-dealkylation sites (tertiary alicyclic amines) is 1. The van der Waals surface area contributed by atoms with Crippen molar-refractivity contribution in [1.29, 1.82) is 0 Å². The fourth-order valence-corrected chi connectivity index (χ4v) is 3.01. The molecular formula is C19H32IN3O2. The number of nitrogens with zero attached hydrogens (tertiary/aromatic N) is 2. The first-order valence-corrected chi connectivity index (χ1v) is 8.65. The maximum absolute atomic E-state index is 10.2. The van der Waals surface area contributed by atoms with Gasteiger partial charge in [-0.1, -0.05) is 26.0 Å². The number of rotatable bonds is 5. The first kappa shape index (κ1) is 21.9. The molecule has 0 aromatic heterocycles. The van der Waals surface area contributed by atoms with Crippen LogP contribution in [0.5, 0.6) is 11.5 Å². The normalized spacial score (nSPS) is 18.2. The summed E-state index contributed by atoms with van der Waals surface area (Å²) < 4.78 is 5.16. The molecule has 0 bridgehead atoms. The standard InChI is InChI=1S/C19H31N3O2.HI/c1-7-20-17(22-13-18(2,3)19(22,4)5)21-12-11-14-9-8-10-15(24-6)16(14)23;/h8-10,23H,7,11-13H2,1-6H3,(H,20,21);1H. The lowest BCUT2D eigenvalue weighted by Crippen LogP contribution is -2.72. The molecule has 0 unspecified atom stereocenters. The maximum Gasteiger partial charge on any atom is 0.194 e. The average Bonchev–Trinajstić information content (AvgIpc) is 2.53. The van der Waals surface area contributed by atoms with Crippen molar-refractivity contribution < 1.29 is 9.84 Å². The number of hydrogen-bond acceptors (Lipinski definition) is 3. The molecule has 2 rings (SSSR count). The zero-order valence-corrected chi connectivity index (χ0v) is 18.5. The Morgan fingerprint density at radius 1 is 1.32 bits per heavy atom. The lowest BCUT2D eigenvalue weighted by Gasteiger charge is -2.62. The minimum atomic E-state index is 0. The van der Waals surface area contributed by atoms with Gasteiger partial charge in [0.2, 0.25) is 0 Å². The zero-order valence-electron chi connectivity index (χ0n) is 16.2. The molecule has 0 radical (unpaired) electrons. The van der Waals surface area contributed by atoms with Crippen molar-refractivity contribution in [3.63, 3.8) is 0 Å². The molecule has 0 atom stereocenters.